The third-order valence-electron chi connectivity index (χ3n) is 7.15. The molecule has 218 valence electrons. The maximum absolute atomic E-state index is 13.5. The van der Waals surface area contributed by atoms with Gasteiger partial charge in [0.15, 0.2) is 0 Å². The molecule has 1 aromatic heterocycles. The van der Waals surface area contributed by atoms with Crippen molar-refractivity contribution in [1.29, 1.82) is 0 Å². The van der Waals surface area contributed by atoms with Gasteiger partial charge in [0.1, 0.15) is 18.1 Å². The lowest BCUT2D eigenvalue weighted by Gasteiger charge is -2.28. The Kier molecular flexibility index (Phi) is 11.0. The van der Waals surface area contributed by atoms with E-state index >= 15 is 0 Å². The van der Waals surface area contributed by atoms with Crippen molar-refractivity contribution < 1.29 is 29.1 Å². The van der Waals surface area contributed by atoms with Crippen LogP contribution in [0.15, 0.2) is 30.5 Å². The maximum atomic E-state index is 13.5. The fraction of sp³-hybridized carbons (Fsp3) is 0.519. The molecule has 0 spiro atoms. The molecule has 0 radical (unpaired) electrons. The van der Waals surface area contributed by atoms with Crippen molar-refractivity contribution in [3.05, 3.63) is 36.0 Å². The normalized spacial score (nSPS) is 17.2. The Morgan fingerprint density at radius 3 is 2.52 bits per heavy atom. The number of para-hydroxylation sites is 1. The molecule has 0 saturated carbocycles. The number of carbonyl (C=O) groups is 5. The Hall–Kier alpha value is -3.97. The van der Waals surface area contributed by atoms with Crippen LogP contribution in [0.3, 0.4) is 0 Å². The van der Waals surface area contributed by atoms with Crippen LogP contribution < -0.4 is 27.8 Å². The summed E-state index contributed by atoms with van der Waals surface area (Å²) in [6.07, 6.45) is 4.26. The van der Waals surface area contributed by atoms with Crippen LogP contribution >= 0.6 is 0 Å². The minimum atomic E-state index is -1.38. The number of carboxylic acid groups (broad SMARTS) is 1. The molecule has 2 aromatic rings. The van der Waals surface area contributed by atoms with E-state index in [0.29, 0.717) is 38.8 Å². The summed E-state index contributed by atoms with van der Waals surface area (Å²) < 4.78 is 0. The molecule has 0 aliphatic carbocycles. The predicted octanol–water partition coefficient (Wildman–Crippen LogP) is -0.523. The zero-order valence-corrected chi connectivity index (χ0v) is 22.4. The number of unbranched alkanes of at least 4 members (excludes halogenated alkanes) is 1. The number of nitrogens with two attached hydrogens (primary N) is 3. The van der Waals surface area contributed by atoms with E-state index in [2.05, 4.69) is 15.6 Å². The number of hydrogen-bond acceptors (Lipinski definition) is 7. The number of amides is 4. The van der Waals surface area contributed by atoms with Crippen molar-refractivity contribution in [3.8, 4) is 0 Å². The standard InChI is InChI=1S/C27H39N7O6/c28-12-4-3-7-18(29)26(38)34-13-5-9-22(34)25(37)33-21(14-16-15-31-19-8-2-1-6-17(16)19)24(36)32-20(27(39)40)10-11-23(30)35/h1-2,6,8,15,18,20-22,31H,3-5,7,9-14,28-29H2,(H2,30,35)(H,32,36)(H,33,37)(H,39,40). The summed E-state index contributed by atoms with van der Waals surface area (Å²) in [4.78, 5) is 67.4. The van der Waals surface area contributed by atoms with Gasteiger partial charge in [-0.2, -0.15) is 0 Å². The first-order valence-electron chi connectivity index (χ1n) is 13.5. The minimum absolute atomic E-state index is 0.0585. The average molecular weight is 558 g/mol. The molecule has 4 amide bonds. The quantitative estimate of drug-likeness (QED) is 0.141. The van der Waals surface area contributed by atoms with Gasteiger partial charge in [-0.1, -0.05) is 24.6 Å². The molecule has 13 nitrogen and oxygen atoms in total. The molecule has 1 saturated heterocycles. The highest BCUT2D eigenvalue weighted by Crippen LogP contribution is 2.22. The largest absolute Gasteiger partial charge is 0.480 e. The van der Waals surface area contributed by atoms with Gasteiger partial charge in [0.05, 0.1) is 6.04 Å². The van der Waals surface area contributed by atoms with Gasteiger partial charge in [0.2, 0.25) is 23.6 Å². The number of hydrogen-bond donors (Lipinski definition) is 7. The number of nitrogens with one attached hydrogen (secondary N) is 3. The van der Waals surface area contributed by atoms with Gasteiger partial charge in [-0.05, 0) is 50.3 Å². The van der Waals surface area contributed by atoms with Gasteiger partial charge >= 0.3 is 5.97 Å². The van der Waals surface area contributed by atoms with Crippen LogP contribution in [0.1, 0.15) is 50.5 Å². The van der Waals surface area contributed by atoms with Crippen LogP contribution in [0.25, 0.3) is 10.9 Å². The number of rotatable bonds is 15. The summed E-state index contributed by atoms with van der Waals surface area (Å²) in [7, 11) is 0. The smallest absolute Gasteiger partial charge is 0.326 e. The summed E-state index contributed by atoms with van der Waals surface area (Å²) in [5, 5.41) is 15.6. The number of carbonyl (C=O) groups excluding carboxylic acids is 4. The molecule has 1 fully saturated rings. The third kappa shape index (κ3) is 8.02. The van der Waals surface area contributed by atoms with E-state index < -0.39 is 47.9 Å². The number of primary amides is 1. The zero-order valence-electron chi connectivity index (χ0n) is 22.4. The van der Waals surface area contributed by atoms with E-state index in [1.165, 1.54) is 4.90 Å². The first-order chi connectivity index (χ1) is 19.1. The number of fused-ring (bicyclic) bond motifs is 1. The van der Waals surface area contributed by atoms with Gasteiger partial charge in [-0.3, -0.25) is 19.2 Å². The molecule has 1 aliphatic rings. The molecule has 10 N–H and O–H groups in total. The summed E-state index contributed by atoms with van der Waals surface area (Å²) in [6.45, 7) is 0.871. The first kappa shape index (κ1) is 30.6. The lowest BCUT2D eigenvalue weighted by molar-refractivity contribution is -0.143. The number of aromatic amines is 1. The van der Waals surface area contributed by atoms with Crippen LogP contribution in [0.2, 0.25) is 0 Å². The summed E-state index contributed by atoms with van der Waals surface area (Å²) >= 11 is 0. The molecule has 1 aromatic carbocycles. The number of nitrogens with zero attached hydrogens (tertiary/aromatic N) is 1. The number of H-pyrrole nitrogens is 1. The predicted molar refractivity (Wildman–Crippen MR) is 148 cm³/mol. The number of benzene rings is 1. The van der Waals surface area contributed by atoms with Crippen LogP contribution in [0.5, 0.6) is 0 Å². The van der Waals surface area contributed by atoms with Crippen LogP contribution in [-0.4, -0.2) is 81.8 Å². The zero-order chi connectivity index (χ0) is 29.2. The second kappa shape index (κ2) is 14.4. The fourth-order valence-electron chi connectivity index (χ4n) is 4.96. The van der Waals surface area contributed by atoms with Gasteiger partial charge in [0, 0.05) is 36.5 Å². The van der Waals surface area contributed by atoms with E-state index in [0.717, 1.165) is 22.9 Å². The lowest BCUT2D eigenvalue weighted by atomic mass is 10.0. The second-order valence-electron chi connectivity index (χ2n) is 10.1. The molecule has 0 bridgehead atoms. The summed E-state index contributed by atoms with van der Waals surface area (Å²) in [6, 6.07) is 3.34. The van der Waals surface area contributed by atoms with E-state index in [4.69, 9.17) is 17.2 Å². The Morgan fingerprint density at radius 1 is 1.07 bits per heavy atom. The van der Waals surface area contributed by atoms with Gasteiger partial charge in [-0.25, -0.2) is 4.79 Å². The minimum Gasteiger partial charge on any atom is -0.480 e. The highest BCUT2D eigenvalue weighted by molar-refractivity contribution is 5.95. The van der Waals surface area contributed by atoms with E-state index in [1.54, 1.807) is 6.20 Å². The number of aromatic nitrogens is 1. The highest BCUT2D eigenvalue weighted by atomic mass is 16.4. The Balaban J connectivity index is 1.79. The Morgan fingerprint density at radius 2 is 1.82 bits per heavy atom. The van der Waals surface area contributed by atoms with Crippen molar-refractivity contribution in [1.82, 2.24) is 20.5 Å². The molecule has 4 atom stereocenters. The van der Waals surface area contributed by atoms with Gasteiger partial charge in [-0.15, -0.1) is 0 Å². The van der Waals surface area contributed by atoms with Gasteiger partial charge in [0.25, 0.3) is 0 Å². The van der Waals surface area contributed by atoms with E-state index in [9.17, 15) is 29.1 Å². The molecule has 3 rings (SSSR count). The molecule has 1 aliphatic heterocycles. The summed E-state index contributed by atoms with van der Waals surface area (Å²) in [5.41, 5.74) is 18.4. The van der Waals surface area contributed by atoms with Crippen molar-refractivity contribution in [2.75, 3.05) is 13.1 Å². The number of likely N-dealkylation sites (tertiary alicyclic amines) is 1. The monoisotopic (exact) mass is 557 g/mol. The molecular formula is C27H39N7O6. The summed E-state index contributed by atoms with van der Waals surface area (Å²) in [5.74, 6) is -3.61. The molecule has 40 heavy (non-hydrogen) atoms. The molecule has 13 heteroatoms. The third-order valence-corrected chi connectivity index (χ3v) is 7.15. The highest BCUT2D eigenvalue weighted by Gasteiger charge is 2.38. The molecular weight excluding hydrogens is 518 g/mol. The SMILES string of the molecule is NCCCCC(N)C(=O)N1CCCC1C(=O)NC(Cc1c[nH]c2ccccc12)C(=O)NC(CCC(N)=O)C(=O)O. The first-order valence-corrected chi connectivity index (χ1v) is 13.5. The van der Waals surface area contributed by atoms with Crippen LogP contribution in [0, 0.1) is 0 Å². The van der Waals surface area contributed by atoms with Crippen LogP contribution in [0.4, 0.5) is 0 Å². The van der Waals surface area contributed by atoms with E-state index in [1.807, 2.05) is 24.3 Å². The number of carboxylic acids is 1. The Labute approximate surface area is 232 Å². The Bertz CT molecular complexity index is 1210. The maximum Gasteiger partial charge on any atom is 0.326 e. The van der Waals surface area contributed by atoms with Crippen molar-refractivity contribution >= 4 is 40.5 Å². The number of aliphatic carboxylic acids is 1. The lowest BCUT2D eigenvalue weighted by Crippen LogP contribution is -2.57. The van der Waals surface area contributed by atoms with Crippen molar-refractivity contribution in [3.63, 3.8) is 0 Å². The topological polar surface area (TPSA) is 227 Å². The van der Waals surface area contributed by atoms with Gasteiger partial charge < -0.3 is 42.8 Å². The van der Waals surface area contributed by atoms with Crippen molar-refractivity contribution in [2.24, 2.45) is 17.2 Å². The average Bonchev–Trinajstić information content (AvgIpc) is 3.57. The molecule has 4 unspecified atom stereocenters. The van der Waals surface area contributed by atoms with Crippen molar-refractivity contribution in [2.45, 2.75) is 75.5 Å². The fourth-order valence-corrected chi connectivity index (χ4v) is 4.96. The second-order valence-corrected chi connectivity index (χ2v) is 10.1. The van der Waals surface area contributed by atoms with Crippen LogP contribution in [-0.2, 0) is 30.4 Å². The van der Waals surface area contributed by atoms with E-state index in [-0.39, 0.29) is 25.2 Å². The molecule has 2 heterocycles.